The third kappa shape index (κ3) is 3.76. The highest BCUT2D eigenvalue weighted by Gasteiger charge is 2.46. The lowest BCUT2D eigenvalue weighted by molar-refractivity contribution is -0.130. The Hall–Kier alpha value is -3.48. The van der Waals surface area contributed by atoms with Crippen molar-refractivity contribution in [2.45, 2.75) is 12.8 Å². The summed E-state index contributed by atoms with van der Waals surface area (Å²) in [5, 5.41) is 6.91. The SMILES string of the molecule is CNC(=O)[C@]1(Cc2cc(-c3ccccc3)no2)CCN(C(=O)c2ccncc2)C1. The molecule has 7 nitrogen and oxygen atoms in total. The lowest BCUT2D eigenvalue weighted by Crippen LogP contribution is -2.44. The Morgan fingerprint density at radius 2 is 1.93 bits per heavy atom. The van der Waals surface area contributed by atoms with Gasteiger partial charge in [0.25, 0.3) is 5.91 Å². The number of carbonyl (C=O) groups excluding carboxylic acids is 2. The van der Waals surface area contributed by atoms with Crippen LogP contribution >= 0.6 is 0 Å². The molecule has 148 valence electrons. The van der Waals surface area contributed by atoms with E-state index in [0.29, 0.717) is 37.3 Å². The zero-order valence-corrected chi connectivity index (χ0v) is 16.2. The molecular formula is C22H22N4O3. The molecule has 0 radical (unpaired) electrons. The lowest BCUT2D eigenvalue weighted by atomic mass is 9.81. The van der Waals surface area contributed by atoms with Crippen LogP contribution in [0.3, 0.4) is 0 Å². The second kappa shape index (κ2) is 7.87. The molecule has 0 aliphatic carbocycles. The standard InChI is InChI=1S/C22H22N4O3/c1-23-21(28)22(9-12-26(15-22)20(27)17-7-10-24-11-8-17)14-18-13-19(25-29-18)16-5-3-2-4-6-16/h2-8,10-11,13H,9,12,14-15H2,1H3,(H,23,28)/t22-/m0/s1. The van der Waals surface area contributed by atoms with Crippen LogP contribution in [0.15, 0.2) is 65.4 Å². The minimum Gasteiger partial charge on any atom is -0.361 e. The number of aromatic nitrogens is 2. The molecule has 1 saturated heterocycles. The van der Waals surface area contributed by atoms with E-state index in [4.69, 9.17) is 4.52 Å². The van der Waals surface area contributed by atoms with Gasteiger partial charge in [-0.1, -0.05) is 35.5 Å². The summed E-state index contributed by atoms with van der Waals surface area (Å²) in [6, 6.07) is 15.0. The molecule has 0 saturated carbocycles. The highest BCUT2D eigenvalue weighted by molar-refractivity contribution is 5.95. The zero-order valence-electron chi connectivity index (χ0n) is 16.2. The molecule has 1 fully saturated rings. The lowest BCUT2D eigenvalue weighted by Gasteiger charge is -2.26. The van der Waals surface area contributed by atoms with Crippen molar-refractivity contribution in [3.63, 3.8) is 0 Å². The van der Waals surface area contributed by atoms with Crippen molar-refractivity contribution in [2.75, 3.05) is 20.1 Å². The summed E-state index contributed by atoms with van der Waals surface area (Å²) >= 11 is 0. The van der Waals surface area contributed by atoms with Crippen LogP contribution in [0.2, 0.25) is 0 Å². The smallest absolute Gasteiger partial charge is 0.253 e. The number of hydrogen-bond acceptors (Lipinski definition) is 5. The topological polar surface area (TPSA) is 88.3 Å². The van der Waals surface area contributed by atoms with Gasteiger partial charge in [-0.05, 0) is 18.6 Å². The summed E-state index contributed by atoms with van der Waals surface area (Å²) < 4.78 is 5.54. The number of amides is 2. The Bertz CT molecular complexity index is 1000. The van der Waals surface area contributed by atoms with E-state index < -0.39 is 5.41 Å². The fourth-order valence-corrected chi connectivity index (χ4v) is 3.87. The summed E-state index contributed by atoms with van der Waals surface area (Å²) in [6.07, 6.45) is 4.13. The van der Waals surface area contributed by atoms with Crippen molar-refractivity contribution in [1.82, 2.24) is 20.4 Å². The fourth-order valence-electron chi connectivity index (χ4n) is 3.87. The number of nitrogens with one attached hydrogen (secondary N) is 1. The molecule has 1 aliphatic heterocycles. The molecule has 3 heterocycles. The second-order valence-electron chi connectivity index (χ2n) is 7.29. The van der Waals surface area contributed by atoms with Crippen LogP contribution in [0.1, 0.15) is 22.5 Å². The molecule has 29 heavy (non-hydrogen) atoms. The quantitative estimate of drug-likeness (QED) is 0.723. The van der Waals surface area contributed by atoms with E-state index in [2.05, 4.69) is 15.5 Å². The number of likely N-dealkylation sites (tertiary alicyclic amines) is 1. The van der Waals surface area contributed by atoms with E-state index in [9.17, 15) is 9.59 Å². The van der Waals surface area contributed by atoms with Gasteiger partial charge in [0, 0.05) is 56.1 Å². The summed E-state index contributed by atoms with van der Waals surface area (Å²) in [6.45, 7) is 0.837. The Balaban J connectivity index is 1.55. The van der Waals surface area contributed by atoms with Crippen molar-refractivity contribution in [3.8, 4) is 11.3 Å². The van der Waals surface area contributed by atoms with Gasteiger partial charge in [0.2, 0.25) is 5.91 Å². The van der Waals surface area contributed by atoms with Gasteiger partial charge in [0.05, 0.1) is 5.41 Å². The third-order valence-corrected chi connectivity index (χ3v) is 5.42. The highest BCUT2D eigenvalue weighted by atomic mass is 16.5. The molecule has 4 rings (SSSR count). The molecule has 1 N–H and O–H groups in total. The molecule has 2 aromatic heterocycles. The predicted molar refractivity (Wildman–Crippen MR) is 107 cm³/mol. The monoisotopic (exact) mass is 390 g/mol. The van der Waals surface area contributed by atoms with Crippen molar-refractivity contribution in [3.05, 3.63) is 72.2 Å². The van der Waals surface area contributed by atoms with Crippen LogP contribution in [0.4, 0.5) is 0 Å². The first-order valence-corrected chi connectivity index (χ1v) is 9.54. The van der Waals surface area contributed by atoms with E-state index >= 15 is 0 Å². The van der Waals surface area contributed by atoms with Crippen molar-refractivity contribution in [2.24, 2.45) is 5.41 Å². The van der Waals surface area contributed by atoms with Gasteiger partial charge in [0.15, 0.2) is 0 Å². The van der Waals surface area contributed by atoms with E-state index in [1.54, 1.807) is 36.5 Å². The van der Waals surface area contributed by atoms with Crippen LogP contribution in [-0.2, 0) is 11.2 Å². The zero-order chi connectivity index (χ0) is 20.3. The first-order chi connectivity index (χ1) is 14.1. The molecule has 3 aromatic rings. The van der Waals surface area contributed by atoms with Crippen LogP contribution in [0.25, 0.3) is 11.3 Å². The number of pyridine rings is 1. The molecule has 1 aromatic carbocycles. The highest BCUT2D eigenvalue weighted by Crippen LogP contribution is 2.36. The average Bonchev–Trinajstić information content (AvgIpc) is 3.42. The van der Waals surface area contributed by atoms with E-state index in [1.165, 1.54) is 0 Å². The molecule has 1 aliphatic rings. The molecule has 1 atom stereocenters. The summed E-state index contributed by atoms with van der Waals surface area (Å²) in [5.41, 5.74) is 1.51. The van der Waals surface area contributed by atoms with E-state index in [1.807, 2.05) is 36.4 Å². The molecule has 2 amide bonds. The molecule has 0 bridgehead atoms. The maximum atomic E-state index is 12.8. The van der Waals surface area contributed by atoms with Crippen LogP contribution in [0.5, 0.6) is 0 Å². The number of benzene rings is 1. The number of carbonyl (C=O) groups is 2. The minimum atomic E-state index is -0.745. The van der Waals surface area contributed by atoms with Gasteiger partial charge in [-0.15, -0.1) is 0 Å². The molecule has 7 heteroatoms. The minimum absolute atomic E-state index is 0.0966. The maximum Gasteiger partial charge on any atom is 0.253 e. The average molecular weight is 390 g/mol. The Kier molecular flexibility index (Phi) is 5.12. The molecule has 0 unspecified atom stereocenters. The molecular weight excluding hydrogens is 368 g/mol. The maximum absolute atomic E-state index is 12.8. The number of nitrogens with zero attached hydrogens (tertiary/aromatic N) is 3. The second-order valence-corrected chi connectivity index (χ2v) is 7.29. The fraction of sp³-hybridized carbons (Fsp3) is 0.273. The van der Waals surface area contributed by atoms with Crippen LogP contribution < -0.4 is 5.32 Å². The van der Waals surface area contributed by atoms with Gasteiger partial charge >= 0.3 is 0 Å². The number of hydrogen-bond donors (Lipinski definition) is 1. The van der Waals surface area contributed by atoms with E-state index in [0.717, 1.165) is 11.3 Å². The van der Waals surface area contributed by atoms with Gasteiger partial charge in [0.1, 0.15) is 11.5 Å². The van der Waals surface area contributed by atoms with Gasteiger partial charge in [-0.2, -0.15) is 0 Å². The summed E-state index contributed by atoms with van der Waals surface area (Å²) in [7, 11) is 1.62. The van der Waals surface area contributed by atoms with Crippen molar-refractivity contribution >= 4 is 11.8 Å². The Morgan fingerprint density at radius 1 is 1.17 bits per heavy atom. The summed E-state index contributed by atoms with van der Waals surface area (Å²) in [5.74, 6) is 0.437. The summed E-state index contributed by atoms with van der Waals surface area (Å²) in [4.78, 5) is 31.3. The van der Waals surface area contributed by atoms with Gasteiger partial charge in [-0.25, -0.2) is 0 Å². The predicted octanol–water partition coefficient (Wildman–Crippen LogP) is 2.56. The van der Waals surface area contributed by atoms with Gasteiger partial charge < -0.3 is 14.7 Å². The third-order valence-electron chi connectivity index (χ3n) is 5.42. The largest absolute Gasteiger partial charge is 0.361 e. The first kappa shape index (κ1) is 18.9. The Morgan fingerprint density at radius 3 is 2.66 bits per heavy atom. The molecule has 0 spiro atoms. The van der Waals surface area contributed by atoms with E-state index in [-0.39, 0.29) is 11.8 Å². The van der Waals surface area contributed by atoms with Crippen molar-refractivity contribution in [1.29, 1.82) is 0 Å². The first-order valence-electron chi connectivity index (χ1n) is 9.54. The van der Waals surface area contributed by atoms with Crippen LogP contribution in [-0.4, -0.2) is 47.0 Å². The van der Waals surface area contributed by atoms with Gasteiger partial charge in [-0.3, -0.25) is 14.6 Å². The Labute approximate surface area is 168 Å². The van der Waals surface area contributed by atoms with Crippen LogP contribution in [0, 0.1) is 5.41 Å². The normalized spacial score (nSPS) is 18.6. The van der Waals surface area contributed by atoms with Crippen molar-refractivity contribution < 1.29 is 14.1 Å². The number of rotatable bonds is 5.